The van der Waals surface area contributed by atoms with Gasteiger partial charge >= 0.3 is 0 Å². The standard InChI is InChI=1S/C15H20ClN3O2/c1-17-10-7-11-3-2-4-12(8-10)18(11)13-5-6-14(16)15(9-13)19(20)21/h5-6,9-12,17H,2-4,7-8H2,1H3. The highest BCUT2D eigenvalue weighted by Crippen LogP contribution is 2.39. The molecule has 5 nitrogen and oxygen atoms in total. The average Bonchev–Trinajstić information content (AvgIpc) is 2.46. The van der Waals surface area contributed by atoms with E-state index in [1.807, 2.05) is 13.1 Å². The number of benzene rings is 1. The predicted molar refractivity (Wildman–Crippen MR) is 84.1 cm³/mol. The van der Waals surface area contributed by atoms with Crippen LogP contribution >= 0.6 is 11.6 Å². The highest BCUT2D eigenvalue weighted by atomic mass is 35.5. The fraction of sp³-hybridized carbons (Fsp3) is 0.600. The van der Waals surface area contributed by atoms with Gasteiger partial charge in [0.2, 0.25) is 0 Å². The SMILES string of the molecule is CNC1CC2CCCC(C1)N2c1ccc(Cl)c([N+](=O)[O-])c1. The molecule has 2 atom stereocenters. The molecule has 0 spiro atoms. The summed E-state index contributed by atoms with van der Waals surface area (Å²) in [7, 11) is 2.02. The summed E-state index contributed by atoms with van der Waals surface area (Å²) < 4.78 is 0. The summed E-state index contributed by atoms with van der Waals surface area (Å²) in [5, 5.41) is 14.7. The summed E-state index contributed by atoms with van der Waals surface area (Å²) in [6.45, 7) is 0. The lowest BCUT2D eigenvalue weighted by Crippen LogP contribution is -2.56. The molecule has 1 N–H and O–H groups in total. The van der Waals surface area contributed by atoms with Crippen LogP contribution in [0.4, 0.5) is 11.4 Å². The van der Waals surface area contributed by atoms with Gasteiger partial charge in [-0.05, 0) is 51.3 Å². The molecule has 0 aromatic heterocycles. The molecule has 2 bridgehead atoms. The number of anilines is 1. The van der Waals surface area contributed by atoms with E-state index in [9.17, 15) is 10.1 Å². The van der Waals surface area contributed by atoms with Gasteiger partial charge in [0.1, 0.15) is 5.02 Å². The van der Waals surface area contributed by atoms with Crippen LogP contribution in [-0.4, -0.2) is 30.1 Å². The molecule has 2 aliphatic rings. The lowest BCUT2D eigenvalue weighted by Gasteiger charge is -2.50. The Morgan fingerprint density at radius 1 is 1.33 bits per heavy atom. The van der Waals surface area contributed by atoms with E-state index in [1.54, 1.807) is 12.1 Å². The number of nitro benzene ring substituents is 1. The first-order valence-corrected chi connectivity index (χ1v) is 7.87. The van der Waals surface area contributed by atoms with Crippen molar-refractivity contribution in [2.45, 2.75) is 50.2 Å². The highest BCUT2D eigenvalue weighted by Gasteiger charge is 2.38. The zero-order valence-electron chi connectivity index (χ0n) is 12.1. The van der Waals surface area contributed by atoms with Crippen molar-refractivity contribution >= 4 is 23.0 Å². The number of piperidine rings is 2. The molecule has 0 amide bonds. The summed E-state index contributed by atoms with van der Waals surface area (Å²) in [4.78, 5) is 13.1. The molecule has 2 aliphatic heterocycles. The number of nitro groups is 1. The van der Waals surface area contributed by atoms with Gasteiger partial charge in [-0.1, -0.05) is 11.6 Å². The quantitative estimate of drug-likeness (QED) is 0.687. The first-order chi connectivity index (χ1) is 10.1. The minimum Gasteiger partial charge on any atom is -0.365 e. The first kappa shape index (κ1) is 14.6. The summed E-state index contributed by atoms with van der Waals surface area (Å²) in [6.07, 6.45) is 5.76. The van der Waals surface area contributed by atoms with Crippen molar-refractivity contribution in [1.82, 2.24) is 5.32 Å². The number of rotatable bonds is 3. The molecule has 2 fully saturated rings. The Morgan fingerprint density at radius 3 is 2.57 bits per heavy atom. The Kier molecular flexibility index (Phi) is 4.04. The van der Waals surface area contributed by atoms with Gasteiger partial charge in [-0.3, -0.25) is 10.1 Å². The van der Waals surface area contributed by atoms with Crippen LogP contribution in [0.5, 0.6) is 0 Å². The Balaban J connectivity index is 1.93. The normalized spacial score (nSPS) is 28.5. The third-order valence-corrected chi connectivity index (χ3v) is 5.13. The van der Waals surface area contributed by atoms with E-state index in [0.29, 0.717) is 18.1 Å². The van der Waals surface area contributed by atoms with Gasteiger partial charge in [-0.25, -0.2) is 0 Å². The fourth-order valence-electron chi connectivity index (χ4n) is 3.84. The number of hydrogen-bond acceptors (Lipinski definition) is 4. The van der Waals surface area contributed by atoms with Crippen molar-refractivity contribution in [2.24, 2.45) is 0 Å². The number of hydrogen-bond donors (Lipinski definition) is 1. The molecular formula is C15H20ClN3O2. The van der Waals surface area contributed by atoms with Gasteiger partial charge < -0.3 is 10.2 Å². The summed E-state index contributed by atoms with van der Waals surface area (Å²) in [6, 6.07) is 6.69. The lowest BCUT2D eigenvalue weighted by atomic mass is 9.81. The van der Waals surface area contributed by atoms with E-state index < -0.39 is 4.92 Å². The second-order valence-corrected chi connectivity index (χ2v) is 6.40. The van der Waals surface area contributed by atoms with Crippen molar-refractivity contribution in [1.29, 1.82) is 0 Å². The smallest absolute Gasteiger partial charge is 0.289 e. The van der Waals surface area contributed by atoms with Crippen LogP contribution in [0.3, 0.4) is 0 Å². The Bertz CT molecular complexity index is 538. The van der Waals surface area contributed by atoms with Crippen LogP contribution in [0.15, 0.2) is 18.2 Å². The molecule has 2 saturated heterocycles. The maximum absolute atomic E-state index is 11.1. The van der Waals surface area contributed by atoms with E-state index in [-0.39, 0.29) is 10.7 Å². The second-order valence-electron chi connectivity index (χ2n) is 6.00. The lowest BCUT2D eigenvalue weighted by molar-refractivity contribution is -0.384. The predicted octanol–water partition coefficient (Wildman–Crippen LogP) is 3.36. The molecule has 2 unspecified atom stereocenters. The van der Waals surface area contributed by atoms with Crippen LogP contribution in [0.2, 0.25) is 5.02 Å². The van der Waals surface area contributed by atoms with Crippen LogP contribution < -0.4 is 10.2 Å². The Morgan fingerprint density at radius 2 is 2.00 bits per heavy atom. The molecule has 6 heteroatoms. The van der Waals surface area contributed by atoms with Crippen LogP contribution in [0.1, 0.15) is 32.1 Å². The molecule has 21 heavy (non-hydrogen) atoms. The highest BCUT2D eigenvalue weighted by molar-refractivity contribution is 6.32. The largest absolute Gasteiger partial charge is 0.365 e. The van der Waals surface area contributed by atoms with E-state index in [1.165, 1.54) is 6.42 Å². The monoisotopic (exact) mass is 309 g/mol. The van der Waals surface area contributed by atoms with E-state index in [0.717, 1.165) is 31.4 Å². The summed E-state index contributed by atoms with van der Waals surface area (Å²) >= 11 is 5.93. The van der Waals surface area contributed by atoms with Gasteiger partial charge in [-0.15, -0.1) is 0 Å². The van der Waals surface area contributed by atoms with Crippen molar-refractivity contribution in [2.75, 3.05) is 11.9 Å². The topological polar surface area (TPSA) is 58.4 Å². The minimum atomic E-state index is -0.401. The third kappa shape index (κ3) is 2.72. The Labute approximate surface area is 129 Å². The average molecular weight is 310 g/mol. The third-order valence-electron chi connectivity index (χ3n) is 4.81. The number of halogens is 1. The molecule has 114 valence electrons. The maximum Gasteiger partial charge on any atom is 0.289 e. The van der Waals surface area contributed by atoms with Crippen molar-refractivity contribution in [3.05, 3.63) is 33.3 Å². The number of fused-ring (bicyclic) bond motifs is 2. The second kappa shape index (κ2) is 5.81. The van der Waals surface area contributed by atoms with Crippen molar-refractivity contribution < 1.29 is 4.92 Å². The maximum atomic E-state index is 11.1. The molecule has 1 aromatic rings. The van der Waals surface area contributed by atoms with E-state index in [2.05, 4.69) is 10.2 Å². The van der Waals surface area contributed by atoms with Crippen LogP contribution in [-0.2, 0) is 0 Å². The molecule has 0 aliphatic carbocycles. The molecule has 2 heterocycles. The number of nitrogens with zero attached hydrogens (tertiary/aromatic N) is 2. The minimum absolute atomic E-state index is 0.00276. The van der Waals surface area contributed by atoms with Crippen molar-refractivity contribution in [3.8, 4) is 0 Å². The molecule has 0 radical (unpaired) electrons. The number of nitrogens with one attached hydrogen (secondary N) is 1. The van der Waals surface area contributed by atoms with Crippen molar-refractivity contribution in [3.63, 3.8) is 0 Å². The summed E-state index contributed by atoms with van der Waals surface area (Å²) in [5.74, 6) is 0. The van der Waals surface area contributed by atoms with Gasteiger partial charge in [0.25, 0.3) is 5.69 Å². The summed E-state index contributed by atoms with van der Waals surface area (Å²) in [5.41, 5.74) is 0.943. The Hall–Kier alpha value is -1.33. The first-order valence-electron chi connectivity index (χ1n) is 7.49. The fourth-order valence-corrected chi connectivity index (χ4v) is 4.03. The zero-order chi connectivity index (χ0) is 15.0. The van der Waals surface area contributed by atoms with E-state index in [4.69, 9.17) is 11.6 Å². The molecular weight excluding hydrogens is 290 g/mol. The molecule has 3 rings (SSSR count). The zero-order valence-corrected chi connectivity index (χ0v) is 12.8. The van der Waals surface area contributed by atoms with Gasteiger partial charge in [0, 0.05) is 29.9 Å². The van der Waals surface area contributed by atoms with E-state index >= 15 is 0 Å². The molecule has 0 saturated carbocycles. The van der Waals surface area contributed by atoms with Crippen LogP contribution in [0.25, 0.3) is 0 Å². The van der Waals surface area contributed by atoms with Gasteiger partial charge in [0.05, 0.1) is 4.92 Å². The molecule has 1 aromatic carbocycles. The van der Waals surface area contributed by atoms with Gasteiger partial charge in [-0.2, -0.15) is 0 Å². The van der Waals surface area contributed by atoms with Gasteiger partial charge in [0.15, 0.2) is 0 Å². The van der Waals surface area contributed by atoms with Crippen LogP contribution in [0, 0.1) is 10.1 Å².